The molecule has 4 nitrogen and oxygen atoms in total. The van der Waals surface area contributed by atoms with E-state index in [4.69, 9.17) is 9.40 Å². The molecule has 0 radical (unpaired) electrons. The highest BCUT2D eigenvalue weighted by Crippen LogP contribution is 2.49. The minimum Gasteiger partial charge on any atom is -0.456 e. The molecule has 0 N–H and O–H groups in total. The van der Waals surface area contributed by atoms with Crippen LogP contribution >= 0.6 is 0 Å². The molecule has 2 aromatic heterocycles. The van der Waals surface area contributed by atoms with Crippen LogP contribution in [0.1, 0.15) is 0 Å². The Labute approximate surface area is 259 Å². The average Bonchev–Trinajstić information content (AvgIpc) is 3.63. The fourth-order valence-corrected chi connectivity index (χ4v) is 7.00. The van der Waals surface area contributed by atoms with Crippen molar-refractivity contribution in [2.75, 3.05) is 4.90 Å². The summed E-state index contributed by atoms with van der Waals surface area (Å²) in [7, 11) is 0. The second-order valence-corrected chi connectivity index (χ2v) is 11.7. The van der Waals surface area contributed by atoms with Gasteiger partial charge in [0.15, 0.2) is 0 Å². The molecule has 0 atom stereocenters. The number of imidazole rings is 1. The van der Waals surface area contributed by atoms with Crippen LogP contribution in [0.25, 0.3) is 71.7 Å². The average molecular weight is 576 g/mol. The second-order valence-electron chi connectivity index (χ2n) is 11.7. The lowest BCUT2D eigenvalue weighted by Gasteiger charge is -2.25. The molecule has 9 aromatic rings. The first-order chi connectivity index (χ1) is 22.3. The van der Waals surface area contributed by atoms with Crippen molar-refractivity contribution in [2.45, 2.75) is 0 Å². The van der Waals surface area contributed by atoms with Gasteiger partial charge in [-0.3, -0.25) is 9.47 Å². The van der Waals surface area contributed by atoms with E-state index in [1.165, 1.54) is 21.9 Å². The van der Waals surface area contributed by atoms with Crippen molar-refractivity contribution in [1.82, 2.24) is 9.55 Å². The van der Waals surface area contributed by atoms with Crippen molar-refractivity contribution in [3.8, 4) is 27.9 Å². The number of hydrogen-bond donors (Lipinski definition) is 0. The zero-order valence-electron chi connectivity index (χ0n) is 24.2. The maximum absolute atomic E-state index is 6.09. The van der Waals surface area contributed by atoms with Gasteiger partial charge in [-0.2, -0.15) is 0 Å². The Morgan fingerprint density at radius 2 is 1.20 bits per heavy atom. The number of anilines is 3. The first-order valence-electron chi connectivity index (χ1n) is 15.2. The SMILES string of the molecule is c1ccc2c(c1)-c1cc3ccccc3cc1N(c1ccc(-c3ccc4oc5ccccc5c4c3)cc1)c1nc3ccccc3n1-2. The quantitative estimate of drug-likeness (QED) is 0.206. The molecule has 0 aliphatic carbocycles. The summed E-state index contributed by atoms with van der Waals surface area (Å²) in [6.07, 6.45) is 0. The highest BCUT2D eigenvalue weighted by atomic mass is 16.3. The van der Waals surface area contributed by atoms with Gasteiger partial charge in [-0.15, -0.1) is 0 Å². The van der Waals surface area contributed by atoms with Crippen LogP contribution < -0.4 is 4.90 Å². The normalized spacial score (nSPS) is 12.4. The monoisotopic (exact) mass is 575 g/mol. The predicted molar refractivity (Wildman–Crippen MR) is 185 cm³/mol. The Balaban J connectivity index is 1.20. The maximum Gasteiger partial charge on any atom is 0.220 e. The molecular weight excluding hydrogens is 550 g/mol. The molecule has 210 valence electrons. The number of aromatic nitrogens is 2. The Morgan fingerprint density at radius 3 is 2.11 bits per heavy atom. The summed E-state index contributed by atoms with van der Waals surface area (Å²) in [4.78, 5) is 7.58. The molecule has 0 saturated heterocycles. The minimum atomic E-state index is 0.872. The van der Waals surface area contributed by atoms with E-state index in [9.17, 15) is 0 Å². The van der Waals surface area contributed by atoms with Crippen molar-refractivity contribution < 1.29 is 4.42 Å². The van der Waals surface area contributed by atoms with Crippen LogP contribution in [0.3, 0.4) is 0 Å². The Hall–Kier alpha value is -6.13. The van der Waals surface area contributed by atoms with E-state index in [1.807, 2.05) is 12.1 Å². The third-order valence-electron chi connectivity index (χ3n) is 9.12. The smallest absolute Gasteiger partial charge is 0.220 e. The van der Waals surface area contributed by atoms with E-state index in [0.717, 1.165) is 67.1 Å². The van der Waals surface area contributed by atoms with Gasteiger partial charge >= 0.3 is 0 Å². The van der Waals surface area contributed by atoms with Gasteiger partial charge in [0.1, 0.15) is 11.2 Å². The summed E-state index contributed by atoms with van der Waals surface area (Å²) < 4.78 is 8.39. The number of fused-ring (bicyclic) bond motifs is 11. The van der Waals surface area contributed by atoms with Crippen LogP contribution in [-0.2, 0) is 0 Å². The highest BCUT2D eigenvalue weighted by Gasteiger charge is 2.29. The number of nitrogens with zero attached hydrogens (tertiary/aromatic N) is 3. The summed E-state index contributed by atoms with van der Waals surface area (Å²) in [5.41, 5.74) is 11.8. The van der Waals surface area contributed by atoms with Gasteiger partial charge < -0.3 is 4.42 Å². The van der Waals surface area contributed by atoms with E-state index >= 15 is 0 Å². The second kappa shape index (κ2) is 9.18. The summed E-state index contributed by atoms with van der Waals surface area (Å²) >= 11 is 0. The van der Waals surface area contributed by atoms with Crippen molar-refractivity contribution in [1.29, 1.82) is 0 Å². The van der Waals surface area contributed by atoms with Gasteiger partial charge in [-0.1, -0.05) is 91.0 Å². The summed E-state index contributed by atoms with van der Waals surface area (Å²) in [5.74, 6) is 0.872. The van der Waals surface area contributed by atoms with Gasteiger partial charge in [0.2, 0.25) is 5.95 Å². The largest absolute Gasteiger partial charge is 0.456 e. The lowest BCUT2D eigenvalue weighted by atomic mass is 9.97. The van der Waals surface area contributed by atoms with Crippen LogP contribution in [0, 0.1) is 0 Å². The fraction of sp³-hybridized carbons (Fsp3) is 0. The Bertz CT molecular complexity index is 2610. The lowest BCUT2D eigenvalue weighted by molar-refractivity contribution is 0.669. The number of furan rings is 1. The molecule has 0 amide bonds. The summed E-state index contributed by atoms with van der Waals surface area (Å²) in [6.45, 7) is 0. The number of benzene rings is 7. The molecule has 10 rings (SSSR count). The van der Waals surface area contributed by atoms with Gasteiger partial charge in [0.05, 0.1) is 22.4 Å². The van der Waals surface area contributed by atoms with Crippen LogP contribution in [0.15, 0.2) is 156 Å². The molecule has 0 bridgehead atoms. The highest BCUT2D eigenvalue weighted by molar-refractivity contribution is 6.06. The Kier molecular flexibility index (Phi) is 4.96. The van der Waals surface area contributed by atoms with Crippen LogP contribution in [0.5, 0.6) is 0 Å². The molecule has 7 aromatic carbocycles. The van der Waals surface area contributed by atoms with E-state index in [-0.39, 0.29) is 0 Å². The van der Waals surface area contributed by atoms with E-state index < -0.39 is 0 Å². The first kappa shape index (κ1) is 24.3. The van der Waals surface area contributed by atoms with Crippen molar-refractivity contribution >= 4 is 61.1 Å². The maximum atomic E-state index is 6.09. The molecule has 4 heteroatoms. The summed E-state index contributed by atoms with van der Waals surface area (Å²) in [5, 5.41) is 4.68. The zero-order valence-corrected chi connectivity index (χ0v) is 24.2. The summed E-state index contributed by atoms with van der Waals surface area (Å²) in [6, 6.07) is 53.8. The molecule has 1 aliphatic rings. The molecule has 0 fully saturated rings. The first-order valence-corrected chi connectivity index (χ1v) is 15.2. The Morgan fingerprint density at radius 1 is 0.489 bits per heavy atom. The number of rotatable bonds is 2. The molecule has 3 heterocycles. The molecule has 0 saturated carbocycles. The molecule has 0 unspecified atom stereocenters. The van der Waals surface area contributed by atoms with Gasteiger partial charge in [0, 0.05) is 27.6 Å². The zero-order chi connectivity index (χ0) is 29.5. The van der Waals surface area contributed by atoms with Crippen molar-refractivity contribution in [2.24, 2.45) is 0 Å². The number of para-hydroxylation sites is 4. The predicted octanol–water partition coefficient (Wildman–Crippen LogP) is 11.2. The topological polar surface area (TPSA) is 34.2 Å². The molecule has 0 spiro atoms. The van der Waals surface area contributed by atoms with Crippen LogP contribution in [0.2, 0.25) is 0 Å². The van der Waals surface area contributed by atoms with Crippen molar-refractivity contribution in [3.63, 3.8) is 0 Å². The minimum absolute atomic E-state index is 0.872. The van der Waals surface area contributed by atoms with Crippen LogP contribution in [0.4, 0.5) is 17.3 Å². The molecule has 1 aliphatic heterocycles. The van der Waals surface area contributed by atoms with E-state index in [0.29, 0.717) is 0 Å². The van der Waals surface area contributed by atoms with Gasteiger partial charge in [0.25, 0.3) is 0 Å². The standard InChI is InChI=1S/C41H25N3O/c1-2-10-28-25-38-33(23-27(28)9-1)31-11-3-6-14-36(31)44-37-15-7-5-13-35(37)42-41(44)43(38)30-20-17-26(18-21-30)29-19-22-40-34(24-29)32-12-4-8-16-39(32)45-40/h1-25H. The van der Waals surface area contributed by atoms with Gasteiger partial charge in [-0.25, -0.2) is 4.98 Å². The number of hydrogen-bond acceptors (Lipinski definition) is 3. The fourth-order valence-electron chi connectivity index (χ4n) is 7.00. The van der Waals surface area contributed by atoms with E-state index in [1.54, 1.807) is 0 Å². The molecule has 45 heavy (non-hydrogen) atoms. The lowest BCUT2D eigenvalue weighted by Crippen LogP contribution is -2.14. The molecular formula is C41H25N3O. The van der Waals surface area contributed by atoms with Crippen molar-refractivity contribution in [3.05, 3.63) is 152 Å². The third kappa shape index (κ3) is 3.57. The third-order valence-corrected chi connectivity index (χ3v) is 9.12. The van der Waals surface area contributed by atoms with E-state index in [2.05, 4.69) is 149 Å². The van der Waals surface area contributed by atoms with Crippen LogP contribution in [-0.4, -0.2) is 9.55 Å². The van der Waals surface area contributed by atoms with Gasteiger partial charge in [-0.05, 0) is 82.6 Å².